The summed E-state index contributed by atoms with van der Waals surface area (Å²) in [7, 11) is 0. The first-order chi connectivity index (χ1) is 8.61. The Hall–Kier alpha value is -2.28. The van der Waals surface area contributed by atoms with Crippen molar-refractivity contribution in [1.82, 2.24) is 9.97 Å². The van der Waals surface area contributed by atoms with Gasteiger partial charge >= 0.3 is 0 Å². The minimum atomic E-state index is -0.528. The Labute approximate surface area is 105 Å². The number of nitrogens with zero attached hydrogens (tertiary/aromatic N) is 3. The van der Waals surface area contributed by atoms with E-state index in [4.69, 9.17) is 5.26 Å². The lowest BCUT2D eigenvalue weighted by Gasteiger charge is -2.05. The molecule has 4 heteroatoms. The van der Waals surface area contributed by atoms with Crippen LogP contribution >= 0.6 is 0 Å². The van der Waals surface area contributed by atoms with Crippen LogP contribution in [0.3, 0.4) is 0 Å². The molecule has 0 spiro atoms. The largest absolute Gasteiger partial charge is 0.236 e. The number of aromatic nitrogens is 2. The third-order valence-corrected chi connectivity index (χ3v) is 2.68. The van der Waals surface area contributed by atoms with Crippen molar-refractivity contribution in [1.29, 1.82) is 5.26 Å². The predicted octanol–water partition coefficient (Wildman–Crippen LogP) is 3.28. The van der Waals surface area contributed by atoms with Gasteiger partial charge in [0, 0.05) is 18.0 Å². The van der Waals surface area contributed by atoms with Crippen molar-refractivity contribution in [3.8, 4) is 17.5 Å². The standard InChI is InChI=1S/C14H12FN3/c1-9(2)12-7-17-14(18-8-12)10-3-4-13(15)11(5-10)6-16/h3-5,7-9H,1-2H3. The maximum atomic E-state index is 13.2. The highest BCUT2D eigenvalue weighted by atomic mass is 19.1. The molecule has 0 radical (unpaired) electrons. The molecule has 1 aromatic carbocycles. The highest BCUT2D eigenvalue weighted by Gasteiger charge is 2.07. The second kappa shape index (κ2) is 4.92. The molecule has 0 N–H and O–H groups in total. The highest BCUT2D eigenvalue weighted by molar-refractivity contribution is 5.57. The van der Waals surface area contributed by atoms with Crippen LogP contribution in [-0.4, -0.2) is 9.97 Å². The number of benzene rings is 1. The lowest BCUT2D eigenvalue weighted by molar-refractivity contribution is 0.624. The number of rotatable bonds is 2. The van der Waals surface area contributed by atoms with E-state index < -0.39 is 5.82 Å². The molecule has 3 nitrogen and oxygen atoms in total. The molecule has 0 saturated carbocycles. The van der Waals surface area contributed by atoms with Gasteiger partial charge in [0.2, 0.25) is 0 Å². The van der Waals surface area contributed by atoms with Crippen LogP contribution < -0.4 is 0 Å². The molecule has 1 heterocycles. The Balaban J connectivity index is 2.40. The topological polar surface area (TPSA) is 49.6 Å². The second-order valence-electron chi connectivity index (χ2n) is 4.30. The van der Waals surface area contributed by atoms with Gasteiger partial charge in [-0.05, 0) is 29.7 Å². The molecule has 0 amide bonds. The molecule has 0 aliphatic rings. The Bertz CT molecular complexity index is 597. The molecule has 0 saturated heterocycles. The second-order valence-corrected chi connectivity index (χ2v) is 4.30. The summed E-state index contributed by atoms with van der Waals surface area (Å²) in [6, 6.07) is 6.09. The lowest BCUT2D eigenvalue weighted by Crippen LogP contribution is -1.95. The van der Waals surface area contributed by atoms with E-state index in [0.717, 1.165) is 5.56 Å². The molecule has 0 atom stereocenters. The quantitative estimate of drug-likeness (QED) is 0.810. The van der Waals surface area contributed by atoms with Crippen LogP contribution in [-0.2, 0) is 0 Å². The van der Waals surface area contributed by atoms with Crippen LogP contribution in [0.2, 0.25) is 0 Å². The van der Waals surface area contributed by atoms with Crippen LogP contribution in [0, 0.1) is 17.1 Å². The van der Waals surface area contributed by atoms with Gasteiger partial charge in [0.1, 0.15) is 11.9 Å². The highest BCUT2D eigenvalue weighted by Crippen LogP contribution is 2.19. The van der Waals surface area contributed by atoms with Gasteiger partial charge in [-0.3, -0.25) is 0 Å². The van der Waals surface area contributed by atoms with Gasteiger partial charge in [0.05, 0.1) is 5.56 Å². The zero-order valence-electron chi connectivity index (χ0n) is 10.2. The van der Waals surface area contributed by atoms with E-state index in [9.17, 15) is 4.39 Å². The van der Waals surface area contributed by atoms with E-state index >= 15 is 0 Å². The molecule has 2 aromatic rings. The first-order valence-corrected chi connectivity index (χ1v) is 5.63. The number of hydrogen-bond acceptors (Lipinski definition) is 3. The van der Waals surface area contributed by atoms with Gasteiger partial charge < -0.3 is 0 Å². The Morgan fingerprint density at radius 3 is 2.44 bits per heavy atom. The molecule has 90 valence electrons. The van der Waals surface area contributed by atoms with Crippen molar-refractivity contribution in [2.24, 2.45) is 0 Å². The van der Waals surface area contributed by atoms with Gasteiger partial charge in [-0.25, -0.2) is 14.4 Å². The predicted molar refractivity (Wildman–Crippen MR) is 66.2 cm³/mol. The molecular formula is C14H12FN3. The minimum Gasteiger partial charge on any atom is -0.236 e. The van der Waals surface area contributed by atoms with Crippen molar-refractivity contribution in [2.75, 3.05) is 0 Å². The summed E-state index contributed by atoms with van der Waals surface area (Å²) in [5, 5.41) is 8.78. The Kier molecular flexibility index (Phi) is 3.33. The van der Waals surface area contributed by atoms with Crippen molar-refractivity contribution < 1.29 is 4.39 Å². The van der Waals surface area contributed by atoms with Crippen molar-refractivity contribution in [2.45, 2.75) is 19.8 Å². The number of nitriles is 1. The first-order valence-electron chi connectivity index (χ1n) is 5.63. The summed E-state index contributed by atoms with van der Waals surface area (Å²) in [6.07, 6.45) is 3.50. The fourth-order valence-electron chi connectivity index (χ4n) is 1.54. The smallest absolute Gasteiger partial charge is 0.159 e. The van der Waals surface area contributed by atoms with Crippen LogP contribution in [0.5, 0.6) is 0 Å². The summed E-state index contributed by atoms with van der Waals surface area (Å²) in [5.74, 6) is 0.331. The lowest BCUT2D eigenvalue weighted by atomic mass is 10.1. The molecule has 1 aromatic heterocycles. The fraction of sp³-hybridized carbons (Fsp3) is 0.214. The monoisotopic (exact) mass is 241 g/mol. The van der Waals surface area contributed by atoms with Crippen LogP contribution in [0.1, 0.15) is 30.9 Å². The number of halogens is 1. The van der Waals surface area contributed by atoms with E-state index in [1.54, 1.807) is 24.5 Å². The van der Waals surface area contributed by atoms with E-state index in [1.807, 2.05) is 0 Å². The van der Waals surface area contributed by atoms with E-state index in [2.05, 4.69) is 23.8 Å². The molecular weight excluding hydrogens is 229 g/mol. The summed E-state index contributed by atoms with van der Waals surface area (Å²) in [6.45, 7) is 4.12. The van der Waals surface area contributed by atoms with Crippen molar-refractivity contribution in [3.63, 3.8) is 0 Å². The summed E-state index contributed by atoms with van der Waals surface area (Å²) < 4.78 is 13.2. The third kappa shape index (κ3) is 2.35. The number of hydrogen-bond donors (Lipinski definition) is 0. The van der Waals surface area contributed by atoms with E-state index in [-0.39, 0.29) is 5.56 Å². The van der Waals surface area contributed by atoms with Crippen LogP contribution in [0.4, 0.5) is 4.39 Å². The maximum Gasteiger partial charge on any atom is 0.159 e. The fourth-order valence-corrected chi connectivity index (χ4v) is 1.54. The Morgan fingerprint density at radius 1 is 1.22 bits per heavy atom. The van der Waals surface area contributed by atoms with Crippen LogP contribution in [0.15, 0.2) is 30.6 Å². The molecule has 0 unspecified atom stereocenters. The average Bonchev–Trinajstić information content (AvgIpc) is 2.39. The molecule has 0 bridgehead atoms. The summed E-state index contributed by atoms with van der Waals surface area (Å²) in [4.78, 5) is 8.46. The summed E-state index contributed by atoms with van der Waals surface area (Å²) >= 11 is 0. The zero-order chi connectivity index (χ0) is 13.1. The molecule has 0 fully saturated rings. The average molecular weight is 241 g/mol. The zero-order valence-corrected chi connectivity index (χ0v) is 10.2. The van der Waals surface area contributed by atoms with Crippen molar-refractivity contribution in [3.05, 3.63) is 47.5 Å². The molecule has 0 aliphatic heterocycles. The Morgan fingerprint density at radius 2 is 1.89 bits per heavy atom. The van der Waals surface area contributed by atoms with Crippen molar-refractivity contribution >= 4 is 0 Å². The molecule has 2 rings (SSSR count). The normalized spacial score (nSPS) is 10.4. The van der Waals surface area contributed by atoms with Crippen LogP contribution in [0.25, 0.3) is 11.4 Å². The van der Waals surface area contributed by atoms with Gasteiger partial charge in [-0.2, -0.15) is 5.26 Å². The van der Waals surface area contributed by atoms with Gasteiger partial charge in [0.25, 0.3) is 0 Å². The van der Waals surface area contributed by atoms with Gasteiger partial charge in [0.15, 0.2) is 5.82 Å². The molecule has 18 heavy (non-hydrogen) atoms. The van der Waals surface area contributed by atoms with E-state index in [0.29, 0.717) is 17.3 Å². The van der Waals surface area contributed by atoms with Gasteiger partial charge in [-0.1, -0.05) is 13.8 Å². The first kappa shape index (κ1) is 12.2. The maximum absolute atomic E-state index is 13.2. The molecule has 0 aliphatic carbocycles. The van der Waals surface area contributed by atoms with Gasteiger partial charge in [-0.15, -0.1) is 0 Å². The third-order valence-electron chi connectivity index (χ3n) is 2.68. The van der Waals surface area contributed by atoms with E-state index in [1.165, 1.54) is 12.1 Å². The summed E-state index contributed by atoms with van der Waals surface area (Å²) in [5.41, 5.74) is 1.69. The SMILES string of the molecule is CC(C)c1cnc(-c2ccc(F)c(C#N)c2)nc1. The minimum absolute atomic E-state index is 0.00374.